The first-order valence-corrected chi connectivity index (χ1v) is 4.99. The summed E-state index contributed by atoms with van der Waals surface area (Å²) in [6.45, 7) is 15.4. The molecule has 0 rings (SSSR count). The lowest BCUT2D eigenvalue weighted by Crippen LogP contribution is -2.16. The molecule has 0 aliphatic rings. The lowest BCUT2D eigenvalue weighted by atomic mass is 10.2. The van der Waals surface area contributed by atoms with Crippen LogP contribution in [0.25, 0.3) is 0 Å². The molecule has 0 unspecified atom stereocenters. The summed E-state index contributed by atoms with van der Waals surface area (Å²) in [5.74, 6) is 0. The van der Waals surface area contributed by atoms with Gasteiger partial charge in [-0.25, -0.2) is 0 Å². The predicted molar refractivity (Wildman–Crippen MR) is 63.0 cm³/mol. The van der Waals surface area contributed by atoms with Crippen LogP contribution in [0.5, 0.6) is 0 Å². The Morgan fingerprint density at radius 2 is 1.92 bits per heavy atom. The zero-order valence-corrected chi connectivity index (χ0v) is 9.27. The molecule has 76 valence electrons. The van der Waals surface area contributed by atoms with Crippen molar-refractivity contribution in [3.8, 4) is 0 Å². The maximum absolute atomic E-state index is 3.70. The molecule has 0 aromatic heterocycles. The van der Waals surface area contributed by atoms with Gasteiger partial charge >= 0.3 is 0 Å². The fraction of sp³-hybridized carbons (Fsp3) is 0.500. The molecule has 0 aliphatic heterocycles. The van der Waals surface area contributed by atoms with E-state index in [-0.39, 0.29) is 0 Å². The lowest BCUT2D eigenvalue weighted by Gasteiger charge is -2.01. The highest BCUT2D eigenvalue weighted by atomic mass is 14.8. The van der Waals surface area contributed by atoms with Gasteiger partial charge in [-0.3, -0.25) is 0 Å². The minimum atomic E-state index is 0.892. The van der Waals surface area contributed by atoms with Crippen LogP contribution < -0.4 is 5.32 Å². The van der Waals surface area contributed by atoms with Crippen molar-refractivity contribution in [2.75, 3.05) is 13.1 Å². The van der Waals surface area contributed by atoms with Gasteiger partial charge in [0.05, 0.1) is 0 Å². The van der Waals surface area contributed by atoms with E-state index in [0.717, 1.165) is 13.1 Å². The van der Waals surface area contributed by atoms with Crippen molar-refractivity contribution in [2.24, 2.45) is 0 Å². The van der Waals surface area contributed by atoms with Gasteiger partial charge in [-0.15, -0.1) is 0 Å². The number of rotatable bonds is 6. The summed E-state index contributed by atoms with van der Waals surface area (Å²) in [7, 11) is 0. The van der Waals surface area contributed by atoms with Gasteiger partial charge in [0.2, 0.25) is 0 Å². The Labute approximate surface area is 83.2 Å². The van der Waals surface area contributed by atoms with Crippen molar-refractivity contribution in [3.63, 3.8) is 0 Å². The second-order valence-corrected chi connectivity index (χ2v) is 2.36. The maximum atomic E-state index is 3.70. The monoisotopic (exact) mass is 181 g/mol. The first-order valence-electron chi connectivity index (χ1n) is 4.99. The van der Waals surface area contributed by atoms with Crippen LogP contribution in [0.3, 0.4) is 0 Å². The van der Waals surface area contributed by atoms with Gasteiger partial charge in [0, 0.05) is 6.54 Å². The summed E-state index contributed by atoms with van der Waals surface area (Å²) in [4.78, 5) is 0. The van der Waals surface area contributed by atoms with Crippen molar-refractivity contribution < 1.29 is 0 Å². The fourth-order valence-corrected chi connectivity index (χ4v) is 0.760. The highest BCUT2D eigenvalue weighted by molar-refractivity contribution is 5.22. The van der Waals surface area contributed by atoms with Crippen molar-refractivity contribution in [3.05, 3.63) is 37.0 Å². The molecule has 1 N–H and O–H groups in total. The summed E-state index contributed by atoms with van der Waals surface area (Å²) in [5, 5.41) is 3.28. The quantitative estimate of drug-likeness (QED) is 0.489. The first kappa shape index (κ1) is 14.7. The van der Waals surface area contributed by atoms with Crippen LogP contribution in [0.15, 0.2) is 37.0 Å². The second kappa shape index (κ2) is 13.7. The Balaban J connectivity index is 0. The van der Waals surface area contributed by atoms with Gasteiger partial charge in [-0.1, -0.05) is 52.2 Å². The second-order valence-electron chi connectivity index (χ2n) is 2.36. The number of nitrogens with one attached hydrogen (secondary N) is 1. The van der Waals surface area contributed by atoms with E-state index in [4.69, 9.17) is 0 Å². The molecule has 0 saturated heterocycles. The number of allylic oxidation sites excluding steroid dienone is 2. The molecule has 1 nitrogen and oxygen atoms in total. The number of hydrogen-bond acceptors (Lipinski definition) is 1. The maximum Gasteiger partial charge on any atom is 0.0205 e. The molecule has 1 heteroatoms. The van der Waals surface area contributed by atoms with Gasteiger partial charge in [-0.05, 0) is 18.5 Å². The minimum absolute atomic E-state index is 0.892. The molecular formula is C12H23N. The van der Waals surface area contributed by atoms with E-state index >= 15 is 0 Å². The molecule has 0 spiro atoms. The summed E-state index contributed by atoms with van der Waals surface area (Å²) >= 11 is 0. The van der Waals surface area contributed by atoms with Crippen LogP contribution in [0.1, 0.15) is 27.2 Å². The number of hydrogen-bond donors (Lipinski definition) is 1. The first-order chi connectivity index (χ1) is 6.35. The molecule has 0 aromatic carbocycles. The summed E-state index contributed by atoms with van der Waals surface area (Å²) in [5.41, 5.74) is 1.19. The molecule has 0 aliphatic carbocycles. The fourth-order valence-electron chi connectivity index (χ4n) is 0.760. The van der Waals surface area contributed by atoms with E-state index in [9.17, 15) is 0 Å². The Morgan fingerprint density at radius 3 is 2.31 bits per heavy atom. The Hall–Kier alpha value is -0.820. The third-order valence-corrected chi connectivity index (χ3v) is 1.35. The van der Waals surface area contributed by atoms with Gasteiger partial charge in [0.1, 0.15) is 0 Å². The van der Waals surface area contributed by atoms with Crippen molar-refractivity contribution in [1.29, 1.82) is 0 Å². The van der Waals surface area contributed by atoms with Crippen LogP contribution in [-0.2, 0) is 0 Å². The minimum Gasteiger partial charge on any atom is -0.313 e. The third-order valence-electron chi connectivity index (χ3n) is 1.35. The molecule has 0 heterocycles. The van der Waals surface area contributed by atoms with E-state index in [0.29, 0.717) is 0 Å². The standard InChI is InChI=1S/C10H17N.C2H6/c1-4-7-10(6-3)9-11-8-5-2;1-2/h4,6-7,11H,1,3,5,8-9H2,2H3;1-2H3/b10-7+;. The van der Waals surface area contributed by atoms with Crippen LogP contribution in [0.4, 0.5) is 0 Å². The molecule has 0 atom stereocenters. The lowest BCUT2D eigenvalue weighted by molar-refractivity contribution is 0.720. The highest BCUT2D eigenvalue weighted by Crippen LogP contribution is 1.92. The van der Waals surface area contributed by atoms with E-state index in [2.05, 4.69) is 25.4 Å². The Bertz CT molecular complexity index is 145. The van der Waals surface area contributed by atoms with Gasteiger partial charge < -0.3 is 5.32 Å². The summed E-state index contributed by atoms with van der Waals surface area (Å²) in [6, 6.07) is 0. The molecule has 0 saturated carbocycles. The molecular weight excluding hydrogens is 158 g/mol. The molecule has 0 fully saturated rings. The molecule has 0 amide bonds. The normalized spacial score (nSPS) is 9.92. The largest absolute Gasteiger partial charge is 0.313 e. The van der Waals surface area contributed by atoms with E-state index in [1.54, 1.807) is 6.08 Å². The van der Waals surface area contributed by atoms with E-state index < -0.39 is 0 Å². The van der Waals surface area contributed by atoms with Crippen molar-refractivity contribution >= 4 is 0 Å². The average molecular weight is 181 g/mol. The highest BCUT2D eigenvalue weighted by Gasteiger charge is 1.87. The molecule has 0 aromatic rings. The van der Waals surface area contributed by atoms with E-state index in [1.807, 2.05) is 26.0 Å². The van der Waals surface area contributed by atoms with E-state index in [1.165, 1.54) is 12.0 Å². The zero-order chi connectivity index (χ0) is 10.5. The van der Waals surface area contributed by atoms with Gasteiger partial charge in [-0.2, -0.15) is 0 Å². The predicted octanol–water partition coefficient (Wildman–Crippen LogP) is 3.31. The van der Waals surface area contributed by atoms with Crippen LogP contribution in [-0.4, -0.2) is 13.1 Å². The van der Waals surface area contributed by atoms with Crippen LogP contribution >= 0.6 is 0 Å². The zero-order valence-electron chi connectivity index (χ0n) is 9.27. The molecule has 0 radical (unpaired) electrons. The Morgan fingerprint density at radius 1 is 1.31 bits per heavy atom. The topological polar surface area (TPSA) is 12.0 Å². The Kier molecular flexibility index (Phi) is 15.5. The smallest absolute Gasteiger partial charge is 0.0205 e. The molecule has 0 bridgehead atoms. The molecule has 13 heavy (non-hydrogen) atoms. The third kappa shape index (κ3) is 11.2. The van der Waals surface area contributed by atoms with Gasteiger partial charge in [0.25, 0.3) is 0 Å². The summed E-state index contributed by atoms with van der Waals surface area (Å²) < 4.78 is 0. The van der Waals surface area contributed by atoms with Crippen molar-refractivity contribution in [2.45, 2.75) is 27.2 Å². The van der Waals surface area contributed by atoms with Crippen LogP contribution in [0, 0.1) is 0 Å². The van der Waals surface area contributed by atoms with Gasteiger partial charge in [0.15, 0.2) is 0 Å². The summed E-state index contributed by atoms with van der Waals surface area (Å²) in [6.07, 6.45) is 6.77. The van der Waals surface area contributed by atoms with Crippen LogP contribution in [0.2, 0.25) is 0 Å². The van der Waals surface area contributed by atoms with Crippen molar-refractivity contribution in [1.82, 2.24) is 5.32 Å². The average Bonchev–Trinajstić information content (AvgIpc) is 2.20. The SMILES string of the molecule is C=C/C=C(\C=C)CNCCC.CC.